The van der Waals surface area contributed by atoms with Crippen molar-refractivity contribution in [2.24, 2.45) is 0 Å². The molecule has 3 N–H and O–H groups in total. The summed E-state index contributed by atoms with van der Waals surface area (Å²) in [6.07, 6.45) is 4.96. The number of carboxylic acid groups (broad SMARTS) is 1. The summed E-state index contributed by atoms with van der Waals surface area (Å²) in [6.45, 7) is 0. The van der Waals surface area contributed by atoms with Crippen LogP contribution in [0, 0.1) is 0 Å². The molecule has 108 valence electrons. The Labute approximate surface area is 120 Å². The number of hydrogen-bond acceptors (Lipinski definition) is 4. The Hall–Kier alpha value is -1.63. The van der Waals surface area contributed by atoms with Crippen LogP contribution in [-0.4, -0.2) is 27.6 Å². The van der Waals surface area contributed by atoms with Crippen molar-refractivity contribution >= 4 is 28.5 Å². The maximum absolute atomic E-state index is 12.0. The van der Waals surface area contributed by atoms with Gasteiger partial charge in [0.05, 0.1) is 5.69 Å². The molecule has 7 heteroatoms. The Balaban J connectivity index is 1.61. The van der Waals surface area contributed by atoms with Gasteiger partial charge in [0.2, 0.25) is 0 Å². The smallest absolute Gasteiger partial charge is 0.329 e. The fourth-order valence-electron chi connectivity index (χ4n) is 2.63. The van der Waals surface area contributed by atoms with Crippen LogP contribution in [0.5, 0.6) is 0 Å². The van der Waals surface area contributed by atoms with Crippen LogP contribution in [0.3, 0.4) is 0 Å². The first kappa shape index (κ1) is 13.4. The summed E-state index contributed by atoms with van der Waals surface area (Å²) >= 11 is 1.38. The molecule has 0 aliphatic heterocycles. The Kier molecular flexibility index (Phi) is 3.37. The maximum atomic E-state index is 12.0. The van der Waals surface area contributed by atoms with Gasteiger partial charge in [-0.1, -0.05) is 12.8 Å². The number of aliphatic carboxylic acids is 1. The van der Waals surface area contributed by atoms with Crippen LogP contribution in [0.1, 0.15) is 50.1 Å². The van der Waals surface area contributed by atoms with Crippen molar-refractivity contribution in [1.29, 1.82) is 0 Å². The molecule has 6 nitrogen and oxygen atoms in total. The van der Waals surface area contributed by atoms with E-state index >= 15 is 0 Å². The number of anilines is 1. The largest absolute Gasteiger partial charge is 0.480 e. The standard InChI is InChI=1S/C13H17N3O3S/c17-10(18)13(5-1-2-6-13)16-11(19)15-12-14-9(7-20-12)8-3-4-8/h7-8H,1-6H2,(H,17,18)(H2,14,15,16,19). The fraction of sp³-hybridized carbons (Fsp3) is 0.615. The molecule has 0 unspecified atom stereocenters. The summed E-state index contributed by atoms with van der Waals surface area (Å²) in [5, 5.41) is 17.1. The third kappa shape index (κ3) is 2.63. The molecule has 2 aliphatic rings. The highest BCUT2D eigenvalue weighted by molar-refractivity contribution is 7.13. The first-order valence-electron chi connectivity index (χ1n) is 6.87. The van der Waals surface area contributed by atoms with Crippen LogP contribution in [0.4, 0.5) is 9.93 Å². The average Bonchev–Trinajstić information content (AvgIpc) is 2.96. The van der Waals surface area contributed by atoms with E-state index in [4.69, 9.17) is 0 Å². The summed E-state index contributed by atoms with van der Waals surface area (Å²) in [4.78, 5) is 27.7. The van der Waals surface area contributed by atoms with Crippen LogP contribution in [0.25, 0.3) is 0 Å². The predicted octanol–water partition coefficient (Wildman–Crippen LogP) is 2.54. The summed E-state index contributed by atoms with van der Waals surface area (Å²) in [5.74, 6) is -0.409. The Bertz CT molecular complexity index is 533. The van der Waals surface area contributed by atoms with E-state index in [-0.39, 0.29) is 0 Å². The summed E-state index contributed by atoms with van der Waals surface area (Å²) in [6, 6.07) is -0.481. The minimum atomic E-state index is -1.11. The van der Waals surface area contributed by atoms with Gasteiger partial charge in [-0.05, 0) is 25.7 Å². The SMILES string of the molecule is O=C(Nc1nc(C2CC2)cs1)NC1(C(=O)O)CCCC1. The van der Waals surface area contributed by atoms with Gasteiger partial charge in [0.25, 0.3) is 0 Å². The molecule has 2 saturated carbocycles. The number of hydrogen-bond donors (Lipinski definition) is 3. The quantitative estimate of drug-likeness (QED) is 0.796. The van der Waals surface area contributed by atoms with Crippen molar-refractivity contribution in [3.63, 3.8) is 0 Å². The highest BCUT2D eigenvalue weighted by Gasteiger charge is 2.42. The van der Waals surface area contributed by atoms with Gasteiger partial charge in [-0.15, -0.1) is 11.3 Å². The molecular formula is C13H17N3O3S. The van der Waals surface area contributed by atoms with Crippen molar-refractivity contribution in [1.82, 2.24) is 10.3 Å². The molecule has 2 fully saturated rings. The Morgan fingerprint density at radius 3 is 2.65 bits per heavy atom. The van der Waals surface area contributed by atoms with Gasteiger partial charge in [-0.3, -0.25) is 5.32 Å². The molecule has 0 bridgehead atoms. The summed E-state index contributed by atoms with van der Waals surface area (Å²) in [7, 11) is 0. The lowest BCUT2D eigenvalue weighted by atomic mass is 9.98. The minimum absolute atomic E-state index is 0.481. The molecule has 3 rings (SSSR count). The predicted molar refractivity (Wildman–Crippen MR) is 75.1 cm³/mol. The minimum Gasteiger partial charge on any atom is -0.480 e. The molecule has 1 heterocycles. The summed E-state index contributed by atoms with van der Waals surface area (Å²) < 4.78 is 0. The molecular weight excluding hydrogens is 278 g/mol. The molecule has 0 atom stereocenters. The number of amides is 2. The number of aromatic nitrogens is 1. The molecule has 0 radical (unpaired) electrons. The van der Waals surface area contributed by atoms with Gasteiger partial charge >= 0.3 is 12.0 Å². The number of thiazole rings is 1. The number of carboxylic acids is 1. The van der Waals surface area contributed by atoms with E-state index in [1.54, 1.807) is 0 Å². The zero-order valence-electron chi connectivity index (χ0n) is 11.0. The van der Waals surface area contributed by atoms with Gasteiger partial charge in [0.1, 0.15) is 5.54 Å². The topological polar surface area (TPSA) is 91.3 Å². The molecule has 0 aromatic carbocycles. The number of carbonyl (C=O) groups excluding carboxylic acids is 1. The second-order valence-corrected chi connectivity index (χ2v) is 6.38. The number of nitrogens with one attached hydrogen (secondary N) is 2. The second-order valence-electron chi connectivity index (χ2n) is 5.53. The third-order valence-corrected chi connectivity index (χ3v) is 4.73. The van der Waals surface area contributed by atoms with Crippen molar-refractivity contribution in [2.75, 3.05) is 5.32 Å². The van der Waals surface area contributed by atoms with Crippen LogP contribution >= 0.6 is 11.3 Å². The van der Waals surface area contributed by atoms with Gasteiger partial charge in [-0.2, -0.15) is 0 Å². The molecule has 1 aromatic heterocycles. The number of urea groups is 1. The number of carbonyl (C=O) groups is 2. The molecule has 2 amide bonds. The van der Waals surface area contributed by atoms with Crippen molar-refractivity contribution in [3.05, 3.63) is 11.1 Å². The van der Waals surface area contributed by atoms with Gasteiger partial charge in [0.15, 0.2) is 5.13 Å². The fourth-order valence-corrected chi connectivity index (χ4v) is 3.41. The monoisotopic (exact) mass is 295 g/mol. The molecule has 20 heavy (non-hydrogen) atoms. The first-order valence-corrected chi connectivity index (χ1v) is 7.75. The number of nitrogens with zero attached hydrogens (tertiary/aromatic N) is 1. The second kappa shape index (κ2) is 5.05. The Morgan fingerprint density at radius 2 is 2.05 bits per heavy atom. The summed E-state index contributed by atoms with van der Waals surface area (Å²) in [5.41, 5.74) is -0.0835. The third-order valence-electron chi connectivity index (χ3n) is 3.96. The van der Waals surface area contributed by atoms with Crippen molar-refractivity contribution in [3.8, 4) is 0 Å². The zero-order valence-corrected chi connectivity index (χ0v) is 11.8. The average molecular weight is 295 g/mol. The lowest BCUT2D eigenvalue weighted by molar-refractivity contribution is -0.144. The van der Waals surface area contributed by atoms with Crippen LogP contribution < -0.4 is 10.6 Å². The van der Waals surface area contributed by atoms with Crippen molar-refractivity contribution in [2.45, 2.75) is 50.0 Å². The van der Waals surface area contributed by atoms with E-state index in [1.165, 1.54) is 11.3 Å². The van der Waals surface area contributed by atoms with E-state index in [9.17, 15) is 14.7 Å². The maximum Gasteiger partial charge on any atom is 0.329 e. The van der Waals surface area contributed by atoms with Gasteiger partial charge in [0, 0.05) is 11.3 Å². The van der Waals surface area contributed by atoms with E-state index in [0.29, 0.717) is 23.9 Å². The number of rotatable bonds is 4. The lowest BCUT2D eigenvalue weighted by Gasteiger charge is -2.24. The molecule has 0 saturated heterocycles. The highest BCUT2D eigenvalue weighted by Crippen LogP contribution is 2.40. The normalized spacial score (nSPS) is 20.6. The zero-order chi connectivity index (χ0) is 14.2. The van der Waals surface area contributed by atoms with E-state index < -0.39 is 17.5 Å². The first-order chi connectivity index (χ1) is 9.59. The molecule has 0 spiro atoms. The highest BCUT2D eigenvalue weighted by atomic mass is 32.1. The van der Waals surface area contributed by atoms with E-state index in [2.05, 4.69) is 15.6 Å². The molecule has 1 aromatic rings. The van der Waals surface area contributed by atoms with E-state index in [1.807, 2.05) is 5.38 Å². The van der Waals surface area contributed by atoms with Crippen LogP contribution in [0.2, 0.25) is 0 Å². The Morgan fingerprint density at radius 1 is 1.35 bits per heavy atom. The molecule has 2 aliphatic carbocycles. The van der Waals surface area contributed by atoms with Crippen molar-refractivity contribution < 1.29 is 14.7 Å². The van der Waals surface area contributed by atoms with Gasteiger partial charge in [-0.25, -0.2) is 14.6 Å². The van der Waals surface area contributed by atoms with Crippen LogP contribution in [0.15, 0.2) is 5.38 Å². The van der Waals surface area contributed by atoms with Crippen LogP contribution in [-0.2, 0) is 4.79 Å². The van der Waals surface area contributed by atoms with E-state index in [0.717, 1.165) is 31.4 Å². The lowest BCUT2D eigenvalue weighted by Crippen LogP contribution is -2.53. The van der Waals surface area contributed by atoms with Gasteiger partial charge < -0.3 is 10.4 Å².